The maximum atomic E-state index is 13.5. The Kier molecular flexibility index (Phi) is 6.52. The van der Waals surface area contributed by atoms with Gasteiger partial charge in [0.1, 0.15) is 5.75 Å². The van der Waals surface area contributed by atoms with E-state index in [1.165, 1.54) is 18.2 Å². The topological polar surface area (TPSA) is 78.8 Å². The number of carbonyl (C=O) groups is 1. The van der Waals surface area contributed by atoms with E-state index >= 15 is 0 Å². The van der Waals surface area contributed by atoms with Crippen molar-refractivity contribution in [2.75, 3.05) is 13.2 Å². The molecule has 5 nitrogen and oxygen atoms in total. The lowest BCUT2D eigenvalue weighted by Gasteiger charge is -2.36. The summed E-state index contributed by atoms with van der Waals surface area (Å²) in [5.41, 5.74) is -0.462. The highest BCUT2D eigenvalue weighted by atomic mass is 19.1. The number of nitrogens with one attached hydrogen (secondary N) is 1. The van der Waals surface area contributed by atoms with E-state index in [9.17, 15) is 19.4 Å². The molecule has 3 N–H and O–H groups in total. The molecule has 1 aliphatic carbocycles. The van der Waals surface area contributed by atoms with Gasteiger partial charge in [-0.05, 0) is 74.4 Å². The van der Waals surface area contributed by atoms with Crippen molar-refractivity contribution in [1.82, 2.24) is 5.32 Å². The molecule has 0 aromatic heterocycles. The van der Waals surface area contributed by atoms with Crippen molar-refractivity contribution >= 4 is 5.91 Å². The predicted octanol–water partition coefficient (Wildman–Crippen LogP) is 3.65. The van der Waals surface area contributed by atoms with Crippen LogP contribution in [0.1, 0.15) is 42.5 Å². The molecule has 28 heavy (non-hydrogen) atoms. The summed E-state index contributed by atoms with van der Waals surface area (Å²) in [6, 6.07) is 12.4. The standard InChI is InChI=1S/C22H26FNO4/c23-19-3-1-2-4-20(19)28-14-11-16-9-12-22(27,13-10-16)15-24-21(26)17-5-7-18(25)8-6-17/h1-8,16,25,27H,9-15H2,(H,24,26)/t16-,22+. The smallest absolute Gasteiger partial charge is 0.251 e. The highest BCUT2D eigenvalue weighted by molar-refractivity contribution is 5.94. The molecule has 2 aromatic rings. The third-order valence-electron chi connectivity index (χ3n) is 5.36. The SMILES string of the molecule is O=C(NC[C@]1(O)CC[C@@H](CCOc2ccccc2F)CC1)c1ccc(O)cc1. The van der Waals surface area contributed by atoms with Gasteiger partial charge in [-0.2, -0.15) is 0 Å². The van der Waals surface area contributed by atoms with Crippen molar-refractivity contribution < 1.29 is 24.1 Å². The fourth-order valence-electron chi connectivity index (χ4n) is 3.54. The van der Waals surface area contributed by atoms with Gasteiger partial charge < -0.3 is 20.3 Å². The normalized spacial score (nSPS) is 21.9. The van der Waals surface area contributed by atoms with Crippen molar-refractivity contribution in [3.63, 3.8) is 0 Å². The van der Waals surface area contributed by atoms with Crippen LogP contribution in [0.25, 0.3) is 0 Å². The molecule has 150 valence electrons. The Labute approximate surface area is 164 Å². The number of hydrogen-bond acceptors (Lipinski definition) is 4. The van der Waals surface area contributed by atoms with Gasteiger partial charge in [-0.25, -0.2) is 4.39 Å². The molecule has 0 aliphatic heterocycles. The van der Waals surface area contributed by atoms with E-state index < -0.39 is 5.60 Å². The first kappa shape index (κ1) is 20.1. The van der Waals surface area contributed by atoms with E-state index in [0.29, 0.717) is 30.9 Å². The third kappa shape index (κ3) is 5.45. The largest absolute Gasteiger partial charge is 0.508 e. The van der Waals surface area contributed by atoms with Gasteiger partial charge in [0, 0.05) is 12.1 Å². The Hall–Kier alpha value is -2.60. The number of halogens is 1. The Balaban J connectivity index is 1.39. The highest BCUT2D eigenvalue weighted by Crippen LogP contribution is 2.33. The number of aromatic hydroxyl groups is 1. The second-order valence-corrected chi connectivity index (χ2v) is 7.46. The maximum Gasteiger partial charge on any atom is 0.251 e. The molecular formula is C22H26FNO4. The molecule has 0 radical (unpaired) electrons. The molecule has 3 rings (SSSR count). The monoisotopic (exact) mass is 387 g/mol. The van der Waals surface area contributed by atoms with Gasteiger partial charge in [-0.15, -0.1) is 0 Å². The van der Waals surface area contributed by atoms with Gasteiger partial charge in [-0.3, -0.25) is 4.79 Å². The zero-order chi connectivity index (χ0) is 20.0. The number of phenols is 1. The van der Waals surface area contributed by atoms with E-state index in [1.807, 2.05) is 0 Å². The Morgan fingerprint density at radius 1 is 1.14 bits per heavy atom. The molecule has 6 heteroatoms. The number of carbonyl (C=O) groups excluding carboxylic acids is 1. The molecule has 2 aromatic carbocycles. The summed E-state index contributed by atoms with van der Waals surface area (Å²) in [6.45, 7) is 0.646. The summed E-state index contributed by atoms with van der Waals surface area (Å²) < 4.78 is 19.1. The number of para-hydroxylation sites is 1. The van der Waals surface area contributed by atoms with Crippen molar-refractivity contribution in [1.29, 1.82) is 0 Å². The molecule has 1 aliphatic rings. The number of ether oxygens (including phenoxy) is 1. The zero-order valence-electron chi connectivity index (χ0n) is 15.7. The highest BCUT2D eigenvalue weighted by Gasteiger charge is 2.33. The fourth-order valence-corrected chi connectivity index (χ4v) is 3.54. The molecule has 0 bridgehead atoms. The third-order valence-corrected chi connectivity index (χ3v) is 5.36. The predicted molar refractivity (Wildman–Crippen MR) is 104 cm³/mol. The second-order valence-electron chi connectivity index (χ2n) is 7.46. The Morgan fingerprint density at radius 2 is 1.82 bits per heavy atom. The van der Waals surface area contributed by atoms with Crippen LogP contribution in [0.2, 0.25) is 0 Å². The quantitative estimate of drug-likeness (QED) is 0.678. The van der Waals surface area contributed by atoms with Gasteiger partial charge >= 0.3 is 0 Å². The first-order valence-corrected chi connectivity index (χ1v) is 9.62. The molecular weight excluding hydrogens is 361 g/mol. The van der Waals surface area contributed by atoms with Crippen LogP contribution in [0.3, 0.4) is 0 Å². The van der Waals surface area contributed by atoms with Crippen LogP contribution >= 0.6 is 0 Å². The van der Waals surface area contributed by atoms with Crippen molar-refractivity contribution in [2.24, 2.45) is 5.92 Å². The minimum absolute atomic E-state index is 0.104. The minimum atomic E-state index is -0.907. The number of aliphatic hydroxyl groups is 1. The summed E-state index contributed by atoms with van der Waals surface area (Å²) in [7, 11) is 0. The number of benzene rings is 2. The summed E-state index contributed by atoms with van der Waals surface area (Å²) >= 11 is 0. The van der Waals surface area contributed by atoms with Gasteiger partial charge in [0.05, 0.1) is 12.2 Å². The van der Waals surface area contributed by atoms with Gasteiger partial charge in [0.15, 0.2) is 11.6 Å². The summed E-state index contributed by atoms with van der Waals surface area (Å²) in [5.74, 6) is 0.165. The van der Waals surface area contributed by atoms with E-state index in [0.717, 1.165) is 19.3 Å². The maximum absolute atomic E-state index is 13.5. The Morgan fingerprint density at radius 3 is 2.50 bits per heavy atom. The van der Waals surface area contributed by atoms with Crippen LogP contribution in [0.15, 0.2) is 48.5 Å². The molecule has 0 atom stereocenters. The van der Waals surface area contributed by atoms with Crippen LogP contribution in [0.4, 0.5) is 4.39 Å². The Bertz CT molecular complexity index is 785. The van der Waals surface area contributed by atoms with Crippen LogP contribution in [-0.4, -0.2) is 34.9 Å². The van der Waals surface area contributed by atoms with Crippen LogP contribution < -0.4 is 10.1 Å². The zero-order valence-corrected chi connectivity index (χ0v) is 15.7. The van der Waals surface area contributed by atoms with Gasteiger partial charge in [0.2, 0.25) is 0 Å². The number of rotatable bonds is 7. The molecule has 1 amide bonds. The molecule has 0 unspecified atom stereocenters. The van der Waals surface area contributed by atoms with E-state index in [-0.39, 0.29) is 29.8 Å². The summed E-state index contributed by atoms with van der Waals surface area (Å²) in [5, 5.41) is 22.8. The first-order chi connectivity index (χ1) is 13.5. The van der Waals surface area contributed by atoms with Gasteiger partial charge in [0.25, 0.3) is 5.91 Å². The number of amides is 1. The first-order valence-electron chi connectivity index (χ1n) is 9.62. The summed E-state index contributed by atoms with van der Waals surface area (Å²) in [6.07, 6.45) is 3.70. The van der Waals surface area contributed by atoms with Crippen molar-refractivity contribution in [3.8, 4) is 11.5 Å². The van der Waals surface area contributed by atoms with E-state index in [4.69, 9.17) is 4.74 Å². The van der Waals surface area contributed by atoms with Crippen LogP contribution in [-0.2, 0) is 0 Å². The van der Waals surface area contributed by atoms with Crippen LogP contribution in [0, 0.1) is 11.7 Å². The fraction of sp³-hybridized carbons (Fsp3) is 0.409. The summed E-state index contributed by atoms with van der Waals surface area (Å²) in [4.78, 5) is 12.2. The van der Waals surface area contributed by atoms with Crippen molar-refractivity contribution in [2.45, 2.75) is 37.7 Å². The molecule has 0 spiro atoms. The minimum Gasteiger partial charge on any atom is -0.508 e. The second kappa shape index (κ2) is 9.06. The van der Waals surface area contributed by atoms with Gasteiger partial charge in [-0.1, -0.05) is 12.1 Å². The van der Waals surface area contributed by atoms with E-state index in [1.54, 1.807) is 30.3 Å². The lowest BCUT2D eigenvalue weighted by molar-refractivity contribution is -0.00980. The molecule has 0 saturated heterocycles. The van der Waals surface area contributed by atoms with E-state index in [2.05, 4.69) is 5.32 Å². The average molecular weight is 387 g/mol. The molecule has 1 fully saturated rings. The molecule has 1 saturated carbocycles. The lowest BCUT2D eigenvalue weighted by atomic mass is 9.77. The number of phenolic OH excluding ortho intramolecular Hbond substituents is 1. The average Bonchev–Trinajstić information content (AvgIpc) is 2.70. The van der Waals surface area contributed by atoms with Crippen LogP contribution in [0.5, 0.6) is 11.5 Å². The lowest BCUT2D eigenvalue weighted by Crippen LogP contribution is -2.45. The molecule has 0 heterocycles. The van der Waals surface area contributed by atoms with Crippen molar-refractivity contribution in [3.05, 3.63) is 59.9 Å². The number of hydrogen-bond donors (Lipinski definition) is 3.